The highest BCUT2D eigenvalue weighted by Crippen LogP contribution is 2.32. The summed E-state index contributed by atoms with van der Waals surface area (Å²) in [5.41, 5.74) is 2.28. The van der Waals surface area contributed by atoms with Crippen molar-refractivity contribution in [1.29, 1.82) is 0 Å². The van der Waals surface area contributed by atoms with Crippen molar-refractivity contribution < 1.29 is 24.2 Å². The van der Waals surface area contributed by atoms with Crippen LogP contribution in [0.2, 0.25) is 0 Å². The molecule has 2 aromatic heterocycles. The zero-order valence-corrected chi connectivity index (χ0v) is 22.2. The van der Waals surface area contributed by atoms with Gasteiger partial charge in [-0.2, -0.15) is 0 Å². The summed E-state index contributed by atoms with van der Waals surface area (Å²) in [4.78, 5) is 44.2. The number of aromatic hydroxyl groups is 1. The number of phenolic OH excluding ortho intramolecular Hbond substituents is 1. The lowest BCUT2D eigenvalue weighted by molar-refractivity contribution is 0.0288. The van der Waals surface area contributed by atoms with Crippen LogP contribution in [0, 0.1) is 0 Å². The Morgan fingerprint density at radius 2 is 1.77 bits per heavy atom. The number of pyridine rings is 1. The molecule has 202 valence electrons. The maximum atomic E-state index is 13.8. The summed E-state index contributed by atoms with van der Waals surface area (Å²) in [7, 11) is 1.32. The number of hydrogen-bond acceptors (Lipinski definition) is 7. The molecule has 10 nitrogen and oxygen atoms in total. The Labute approximate surface area is 225 Å². The van der Waals surface area contributed by atoms with E-state index in [2.05, 4.69) is 4.98 Å². The number of aromatic nitrogens is 3. The molecule has 0 radical (unpaired) electrons. The maximum Gasteiger partial charge on any atom is 0.410 e. The summed E-state index contributed by atoms with van der Waals surface area (Å²) < 4.78 is 13.3. The summed E-state index contributed by atoms with van der Waals surface area (Å²) in [6.45, 7) is 6.22. The second-order valence-corrected chi connectivity index (χ2v) is 10.5. The molecule has 1 aliphatic rings. The molecule has 1 N–H and O–H groups in total. The number of amides is 1. The van der Waals surface area contributed by atoms with Gasteiger partial charge >= 0.3 is 17.8 Å². The number of imidazole rings is 1. The first-order chi connectivity index (χ1) is 18.6. The van der Waals surface area contributed by atoms with Crippen LogP contribution in [0.5, 0.6) is 5.75 Å². The normalized spacial score (nSPS) is 15.5. The first-order valence-electron chi connectivity index (χ1n) is 12.7. The van der Waals surface area contributed by atoms with E-state index in [1.807, 2.05) is 20.8 Å². The average molecular weight is 531 g/mol. The van der Waals surface area contributed by atoms with E-state index in [-0.39, 0.29) is 17.5 Å². The highest BCUT2D eigenvalue weighted by atomic mass is 16.6. The Kier molecular flexibility index (Phi) is 6.63. The van der Waals surface area contributed by atoms with Gasteiger partial charge in [-0.1, -0.05) is 18.2 Å². The summed E-state index contributed by atoms with van der Waals surface area (Å²) in [5.74, 6) is -0.517. The van der Waals surface area contributed by atoms with Crippen molar-refractivity contribution in [3.05, 3.63) is 76.8 Å². The summed E-state index contributed by atoms with van der Waals surface area (Å²) in [6, 6.07) is 15.1. The van der Waals surface area contributed by atoms with Gasteiger partial charge in [-0.15, -0.1) is 0 Å². The van der Waals surface area contributed by atoms with Crippen LogP contribution in [0.25, 0.3) is 28.0 Å². The highest BCUT2D eigenvalue weighted by molar-refractivity contribution is 5.90. The standard InChI is InChI=1S/C29H30N4O6/c1-29(2,3)39-28(37)31-15-13-21(17-31)32-25-23(6-5-14-30-25)33(27(32)36)22-12-11-20(16-24(22)34)18-7-9-19(10-8-18)26(35)38-4/h5-12,14,16,21,34H,13,15,17H2,1-4H3/t21-/m0/s1. The molecule has 0 unspecified atom stereocenters. The van der Waals surface area contributed by atoms with E-state index in [0.717, 1.165) is 5.56 Å². The van der Waals surface area contributed by atoms with Crippen molar-refractivity contribution in [1.82, 2.24) is 19.0 Å². The number of likely N-dealkylation sites (tertiary alicyclic amines) is 1. The Hall–Kier alpha value is -4.60. The van der Waals surface area contributed by atoms with E-state index >= 15 is 0 Å². The second-order valence-electron chi connectivity index (χ2n) is 10.5. The third kappa shape index (κ3) is 4.97. The predicted molar refractivity (Wildman–Crippen MR) is 145 cm³/mol. The molecule has 1 atom stereocenters. The number of ether oxygens (including phenoxy) is 2. The lowest BCUT2D eigenvalue weighted by Crippen LogP contribution is -2.36. The van der Waals surface area contributed by atoms with E-state index in [0.29, 0.717) is 47.5 Å². The monoisotopic (exact) mass is 530 g/mol. The van der Waals surface area contributed by atoms with Crippen LogP contribution in [0.1, 0.15) is 43.6 Å². The molecule has 0 spiro atoms. The van der Waals surface area contributed by atoms with Crippen molar-refractivity contribution in [3.8, 4) is 22.6 Å². The number of nitrogens with zero attached hydrogens (tertiary/aromatic N) is 4. The molecule has 0 saturated carbocycles. The average Bonchev–Trinajstić information content (AvgIpc) is 3.50. The lowest BCUT2D eigenvalue weighted by atomic mass is 10.0. The molecule has 4 aromatic rings. The van der Waals surface area contributed by atoms with Crippen LogP contribution >= 0.6 is 0 Å². The Balaban J connectivity index is 1.49. The molecule has 2 aromatic carbocycles. The van der Waals surface area contributed by atoms with Gasteiger partial charge in [0.15, 0.2) is 5.65 Å². The van der Waals surface area contributed by atoms with Gasteiger partial charge in [-0.25, -0.2) is 19.4 Å². The second kappa shape index (κ2) is 9.94. The number of fused-ring (bicyclic) bond motifs is 1. The van der Waals surface area contributed by atoms with E-state index < -0.39 is 17.7 Å². The minimum atomic E-state index is -0.614. The fraction of sp³-hybridized carbons (Fsp3) is 0.310. The maximum absolute atomic E-state index is 13.8. The Morgan fingerprint density at radius 1 is 1.05 bits per heavy atom. The van der Waals surface area contributed by atoms with Gasteiger partial charge in [0.2, 0.25) is 0 Å². The fourth-order valence-electron chi connectivity index (χ4n) is 4.87. The zero-order valence-electron chi connectivity index (χ0n) is 22.2. The molecular weight excluding hydrogens is 500 g/mol. The number of carbonyl (C=O) groups is 2. The predicted octanol–water partition coefficient (Wildman–Crippen LogP) is 4.53. The number of hydrogen-bond donors (Lipinski definition) is 1. The molecule has 0 bridgehead atoms. The van der Waals surface area contributed by atoms with Crippen molar-refractivity contribution in [2.75, 3.05) is 20.2 Å². The number of esters is 1. The van der Waals surface area contributed by atoms with Crippen molar-refractivity contribution in [3.63, 3.8) is 0 Å². The van der Waals surface area contributed by atoms with Gasteiger partial charge < -0.3 is 19.5 Å². The highest BCUT2D eigenvalue weighted by Gasteiger charge is 2.33. The van der Waals surface area contributed by atoms with Gasteiger partial charge in [0, 0.05) is 19.3 Å². The van der Waals surface area contributed by atoms with Gasteiger partial charge in [0.05, 0.1) is 29.9 Å². The molecule has 3 heterocycles. The fourth-order valence-corrected chi connectivity index (χ4v) is 4.87. The first kappa shape index (κ1) is 26.0. The quantitative estimate of drug-likeness (QED) is 0.386. The van der Waals surface area contributed by atoms with E-state index in [9.17, 15) is 19.5 Å². The van der Waals surface area contributed by atoms with Gasteiger partial charge in [0.1, 0.15) is 11.4 Å². The number of methoxy groups -OCH3 is 1. The summed E-state index contributed by atoms with van der Waals surface area (Å²) in [5, 5.41) is 11.0. The minimum Gasteiger partial charge on any atom is -0.506 e. The number of rotatable bonds is 4. The first-order valence-corrected chi connectivity index (χ1v) is 12.7. The van der Waals surface area contributed by atoms with Crippen LogP contribution in [0.15, 0.2) is 65.6 Å². The third-order valence-corrected chi connectivity index (χ3v) is 6.67. The molecule has 39 heavy (non-hydrogen) atoms. The molecule has 0 aliphatic carbocycles. The Morgan fingerprint density at radius 3 is 2.44 bits per heavy atom. The van der Waals surface area contributed by atoms with Gasteiger partial charge in [-0.3, -0.25) is 9.13 Å². The SMILES string of the molecule is COC(=O)c1ccc(-c2ccc(-n3c(=O)n([C@H]4CCN(C(=O)OC(C)(C)C)C4)c4ncccc43)c(O)c2)cc1. The van der Waals surface area contributed by atoms with Crippen LogP contribution < -0.4 is 5.69 Å². The number of benzene rings is 2. The van der Waals surface area contributed by atoms with E-state index in [4.69, 9.17) is 9.47 Å². The minimum absolute atomic E-state index is 0.0867. The smallest absolute Gasteiger partial charge is 0.410 e. The van der Waals surface area contributed by atoms with Crippen LogP contribution in [0.3, 0.4) is 0 Å². The molecule has 1 amide bonds. The third-order valence-electron chi connectivity index (χ3n) is 6.67. The topological polar surface area (TPSA) is 116 Å². The molecular formula is C29H30N4O6. The molecule has 5 rings (SSSR count). The number of phenols is 1. The Bertz CT molecular complexity index is 1610. The molecule has 10 heteroatoms. The largest absolute Gasteiger partial charge is 0.506 e. The summed E-state index contributed by atoms with van der Waals surface area (Å²) >= 11 is 0. The van der Waals surface area contributed by atoms with Gasteiger partial charge in [-0.05, 0) is 74.7 Å². The van der Waals surface area contributed by atoms with E-state index in [1.54, 1.807) is 70.3 Å². The molecule has 1 aliphatic heterocycles. The molecule has 1 saturated heterocycles. The van der Waals surface area contributed by atoms with Crippen molar-refractivity contribution >= 4 is 23.2 Å². The van der Waals surface area contributed by atoms with Crippen LogP contribution in [-0.2, 0) is 9.47 Å². The van der Waals surface area contributed by atoms with Crippen molar-refractivity contribution in [2.45, 2.75) is 38.8 Å². The van der Waals surface area contributed by atoms with Crippen LogP contribution in [0.4, 0.5) is 4.79 Å². The summed E-state index contributed by atoms with van der Waals surface area (Å²) in [6.07, 6.45) is 1.77. The van der Waals surface area contributed by atoms with E-state index in [1.165, 1.54) is 11.7 Å². The van der Waals surface area contributed by atoms with Crippen molar-refractivity contribution in [2.24, 2.45) is 0 Å². The lowest BCUT2D eigenvalue weighted by Gasteiger charge is -2.24. The number of carbonyl (C=O) groups excluding carboxylic acids is 2. The molecule has 1 fully saturated rings. The van der Waals surface area contributed by atoms with Gasteiger partial charge in [0.25, 0.3) is 0 Å². The van der Waals surface area contributed by atoms with Crippen LogP contribution in [-0.4, -0.2) is 62.0 Å². The zero-order chi connectivity index (χ0) is 27.9.